The third-order valence-corrected chi connectivity index (χ3v) is 3.89. The van der Waals surface area contributed by atoms with Crippen molar-refractivity contribution in [2.24, 2.45) is 0 Å². The van der Waals surface area contributed by atoms with Gasteiger partial charge >= 0.3 is 5.97 Å². The number of nitrogens with one attached hydrogen (secondary N) is 1. The fraction of sp³-hybridized carbons (Fsp3) is 0.0667. The SMILES string of the molecule is O=C(O)/C=C/c1ccsc1CNC(=O)c1ccc(Cl)cc1. The number of benzene rings is 1. The normalized spacial score (nSPS) is 10.7. The molecular weight excluding hydrogens is 310 g/mol. The highest BCUT2D eigenvalue weighted by molar-refractivity contribution is 7.10. The van der Waals surface area contributed by atoms with E-state index in [2.05, 4.69) is 5.32 Å². The van der Waals surface area contributed by atoms with Crippen LogP contribution in [0.1, 0.15) is 20.8 Å². The van der Waals surface area contributed by atoms with Crippen LogP contribution < -0.4 is 5.32 Å². The Kier molecular flexibility index (Phi) is 5.14. The lowest BCUT2D eigenvalue weighted by atomic mass is 10.2. The number of halogens is 1. The average molecular weight is 322 g/mol. The van der Waals surface area contributed by atoms with Crippen LogP contribution in [0.5, 0.6) is 0 Å². The predicted octanol–water partition coefficient (Wildman–Crippen LogP) is 3.43. The van der Waals surface area contributed by atoms with Gasteiger partial charge in [-0.25, -0.2) is 4.79 Å². The van der Waals surface area contributed by atoms with Crippen LogP contribution in [-0.2, 0) is 11.3 Å². The van der Waals surface area contributed by atoms with Gasteiger partial charge in [0.15, 0.2) is 0 Å². The van der Waals surface area contributed by atoms with E-state index in [9.17, 15) is 9.59 Å². The Morgan fingerprint density at radius 3 is 2.62 bits per heavy atom. The van der Waals surface area contributed by atoms with E-state index in [1.54, 1.807) is 24.3 Å². The Bertz CT molecular complexity index is 676. The fourth-order valence-corrected chi connectivity index (χ4v) is 2.60. The average Bonchev–Trinajstić information content (AvgIpc) is 2.90. The Morgan fingerprint density at radius 2 is 1.95 bits per heavy atom. The molecule has 2 rings (SSSR count). The number of amides is 1. The van der Waals surface area contributed by atoms with E-state index in [-0.39, 0.29) is 5.91 Å². The van der Waals surface area contributed by atoms with Crippen molar-refractivity contribution in [3.05, 3.63) is 62.8 Å². The number of hydrogen-bond acceptors (Lipinski definition) is 3. The highest BCUT2D eigenvalue weighted by atomic mass is 35.5. The van der Waals surface area contributed by atoms with Crippen molar-refractivity contribution in [2.75, 3.05) is 0 Å². The molecule has 1 heterocycles. The summed E-state index contributed by atoms with van der Waals surface area (Å²) in [5.74, 6) is -1.20. The minimum Gasteiger partial charge on any atom is -0.478 e. The first kappa shape index (κ1) is 15.3. The third kappa shape index (κ3) is 4.44. The number of aliphatic carboxylic acids is 1. The zero-order valence-electron chi connectivity index (χ0n) is 10.9. The number of carbonyl (C=O) groups is 2. The standard InChI is InChI=1S/C15H12ClNO3S/c16-12-4-1-11(2-5-12)15(20)17-9-13-10(7-8-21-13)3-6-14(18)19/h1-8H,9H2,(H,17,20)(H,18,19)/b6-3+. The number of carboxylic acids is 1. The van der Waals surface area contributed by atoms with Crippen molar-refractivity contribution in [1.29, 1.82) is 0 Å². The molecule has 21 heavy (non-hydrogen) atoms. The number of carboxylic acid groups (broad SMARTS) is 1. The monoisotopic (exact) mass is 321 g/mol. The van der Waals surface area contributed by atoms with E-state index in [4.69, 9.17) is 16.7 Å². The summed E-state index contributed by atoms with van der Waals surface area (Å²) in [5.41, 5.74) is 1.32. The van der Waals surface area contributed by atoms with Crippen LogP contribution in [0.2, 0.25) is 5.02 Å². The van der Waals surface area contributed by atoms with Gasteiger partial charge in [0.05, 0.1) is 6.54 Å². The molecule has 1 aromatic heterocycles. The summed E-state index contributed by atoms with van der Waals surface area (Å²) < 4.78 is 0. The second-order valence-electron chi connectivity index (χ2n) is 4.16. The molecule has 0 bridgehead atoms. The minimum atomic E-state index is -1.00. The molecule has 2 N–H and O–H groups in total. The minimum absolute atomic E-state index is 0.201. The zero-order chi connectivity index (χ0) is 15.2. The predicted molar refractivity (Wildman–Crippen MR) is 83.6 cm³/mol. The summed E-state index contributed by atoms with van der Waals surface area (Å²) in [4.78, 5) is 23.4. The molecule has 0 aliphatic rings. The van der Waals surface area contributed by atoms with Crippen molar-refractivity contribution in [3.8, 4) is 0 Å². The van der Waals surface area contributed by atoms with Gasteiger partial charge in [-0.3, -0.25) is 4.79 Å². The van der Waals surface area contributed by atoms with Crippen LogP contribution in [0, 0.1) is 0 Å². The van der Waals surface area contributed by atoms with Gasteiger partial charge in [0, 0.05) is 21.5 Å². The van der Waals surface area contributed by atoms with Gasteiger partial charge in [-0.1, -0.05) is 11.6 Å². The summed E-state index contributed by atoms with van der Waals surface area (Å²) in [7, 11) is 0. The largest absolute Gasteiger partial charge is 0.478 e. The van der Waals surface area contributed by atoms with Crippen LogP contribution in [-0.4, -0.2) is 17.0 Å². The molecule has 0 radical (unpaired) electrons. The molecule has 0 unspecified atom stereocenters. The van der Waals surface area contributed by atoms with Crippen molar-refractivity contribution >= 4 is 40.9 Å². The molecule has 0 saturated carbocycles. The van der Waals surface area contributed by atoms with Crippen LogP contribution in [0.15, 0.2) is 41.8 Å². The molecule has 0 aliphatic heterocycles. The molecule has 2 aromatic rings. The molecule has 0 fully saturated rings. The Balaban J connectivity index is 2.00. The molecule has 0 aliphatic carbocycles. The van der Waals surface area contributed by atoms with Gasteiger partial charge in [0.2, 0.25) is 0 Å². The number of carbonyl (C=O) groups excluding carboxylic acids is 1. The van der Waals surface area contributed by atoms with Gasteiger partial charge in [-0.2, -0.15) is 0 Å². The van der Waals surface area contributed by atoms with Crippen molar-refractivity contribution in [1.82, 2.24) is 5.32 Å². The van der Waals surface area contributed by atoms with Gasteiger partial charge in [-0.15, -0.1) is 11.3 Å². The zero-order valence-corrected chi connectivity index (χ0v) is 12.4. The molecule has 1 aromatic carbocycles. The summed E-state index contributed by atoms with van der Waals surface area (Å²) in [5, 5.41) is 13.9. The van der Waals surface area contributed by atoms with E-state index < -0.39 is 5.97 Å². The molecule has 0 atom stereocenters. The maximum absolute atomic E-state index is 12.0. The first-order chi connectivity index (χ1) is 10.1. The van der Waals surface area contributed by atoms with Crippen molar-refractivity contribution in [3.63, 3.8) is 0 Å². The lowest BCUT2D eigenvalue weighted by molar-refractivity contribution is -0.131. The summed E-state index contributed by atoms with van der Waals surface area (Å²) in [6.45, 7) is 0.346. The van der Waals surface area contributed by atoms with E-state index >= 15 is 0 Å². The fourth-order valence-electron chi connectivity index (χ4n) is 1.67. The molecule has 4 nitrogen and oxygen atoms in total. The molecule has 0 saturated heterocycles. The van der Waals surface area contributed by atoms with E-state index in [1.807, 2.05) is 11.4 Å². The molecule has 0 spiro atoms. The Morgan fingerprint density at radius 1 is 1.24 bits per heavy atom. The molecule has 108 valence electrons. The maximum Gasteiger partial charge on any atom is 0.328 e. The van der Waals surface area contributed by atoms with Crippen LogP contribution in [0.3, 0.4) is 0 Å². The Hall–Kier alpha value is -2.11. The quantitative estimate of drug-likeness (QED) is 0.829. The first-order valence-electron chi connectivity index (χ1n) is 6.07. The van der Waals surface area contributed by atoms with E-state index in [1.165, 1.54) is 17.4 Å². The van der Waals surface area contributed by atoms with E-state index in [0.717, 1.165) is 16.5 Å². The second-order valence-corrected chi connectivity index (χ2v) is 5.60. The second kappa shape index (κ2) is 7.06. The highest BCUT2D eigenvalue weighted by Crippen LogP contribution is 2.18. The third-order valence-electron chi connectivity index (χ3n) is 2.70. The summed E-state index contributed by atoms with van der Waals surface area (Å²) in [6, 6.07) is 8.42. The van der Waals surface area contributed by atoms with Gasteiger partial charge < -0.3 is 10.4 Å². The van der Waals surface area contributed by atoms with Gasteiger partial charge in [0.25, 0.3) is 5.91 Å². The Labute approximate surface area is 130 Å². The van der Waals surface area contributed by atoms with Crippen LogP contribution >= 0.6 is 22.9 Å². The van der Waals surface area contributed by atoms with Crippen LogP contribution in [0.25, 0.3) is 6.08 Å². The first-order valence-corrected chi connectivity index (χ1v) is 7.33. The van der Waals surface area contributed by atoms with Crippen molar-refractivity contribution < 1.29 is 14.7 Å². The maximum atomic E-state index is 12.0. The topological polar surface area (TPSA) is 66.4 Å². The van der Waals surface area contributed by atoms with Gasteiger partial charge in [-0.05, 0) is 47.4 Å². The summed E-state index contributed by atoms with van der Waals surface area (Å²) >= 11 is 7.23. The molecule has 6 heteroatoms. The number of rotatable bonds is 5. The lowest BCUT2D eigenvalue weighted by Crippen LogP contribution is -2.22. The highest BCUT2D eigenvalue weighted by Gasteiger charge is 2.07. The lowest BCUT2D eigenvalue weighted by Gasteiger charge is -2.05. The number of hydrogen-bond donors (Lipinski definition) is 2. The number of thiophene rings is 1. The molecule has 1 amide bonds. The summed E-state index contributed by atoms with van der Waals surface area (Å²) in [6.07, 6.45) is 2.59. The van der Waals surface area contributed by atoms with Crippen molar-refractivity contribution in [2.45, 2.75) is 6.54 Å². The van der Waals surface area contributed by atoms with Gasteiger partial charge in [0.1, 0.15) is 0 Å². The smallest absolute Gasteiger partial charge is 0.328 e. The molecular formula is C15H12ClNO3S. The van der Waals surface area contributed by atoms with Crippen LogP contribution in [0.4, 0.5) is 0 Å². The van der Waals surface area contributed by atoms with E-state index in [0.29, 0.717) is 17.1 Å².